The van der Waals surface area contributed by atoms with Gasteiger partial charge in [0.15, 0.2) is 0 Å². The molecule has 1 aromatic rings. The summed E-state index contributed by atoms with van der Waals surface area (Å²) in [5, 5.41) is 5.54. The first kappa shape index (κ1) is 15.7. The van der Waals surface area contributed by atoms with E-state index in [1.807, 2.05) is 25.1 Å². The number of halogens is 1. The molecule has 0 aromatic heterocycles. The summed E-state index contributed by atoms with van der Waals surface area (Å²) < 4.78 is 0.763. The third-order valence-corrected chi connectivity index (χ3v) is 3.30. The van der Waals surface area contributed by atoms with Gasteiger partial charge in [-0.05, 0) is 34.5 Å². The van der Waals surface area contributed by atoms with Crippen molar-refractivity contribution in [3.63, 3.8) is 0 Å². The molecule has 104 valence electrons. The highest BCUT2D eigenvalue weighted by Crippen LogP contribution is 2.15. The number of hydrogen-bond acceptors (Lipinski definition) is 2. The lowest BCUT2D eigenvalue weighted by Crippen LogP contribution is -2.34. The van der Waals surface area contributed by atoms with Crippen LogP contribution in [-0.4, -0.2) is 24.9 Å². The van der Waals surface area contributed by atoms with Gasteiger partial charge in [-0.3, -0.25) is 9.59 Å². The zero-order valence-electron chi connectivity index (χ0n) is 11.0. The second kappa shape index (κ2) is 8.69. The van der Waals surface area contributed by atoms with Gasteiger partial charge in [0.25, 0.3) is 5.91 Å². The predicted molar refractivity (Wildman–Crippen MR) is 79.0 cm³/mol. The molecule has 1 aromatic carbocycles. The van der Waals surface area contributed by atoms with Gasteiger partial charge >= 0.3 is 0 Å². The van der Waals surface area contributed by atoms with Crippen molar-refractivity contribution >= 4 is 27.7 Å². The van der Waals surface area contributed by atoms with Crippen LogP contribution in [0.1, 0.15) is 36.5 Å². The number of hydrogen-bond donors (Lipinski definition) is 2. The summed E-state index contributed by atoms with van der Waals surface area (Å²) in [6, 6.07) is 7.24. The van der Waals surface area contributed by atoms with Crippen molar-refractivity contribution in [3.8, 4) is 0 Å². The van der Waals surface area contributed by atoms with E-state index < -0.39 is 0 Å². The Morgan fingerprint density at radius 3 is 2.53 bits per heavy atom. The summed E-state index contributed by atoms with van der Waals surface area (Å²) in [7, 11) is 0. The highest BCUT2D eigenvalue weighted by molar-refractivity contribution is 9.10. The lowest BCUT2D eigenvalue weighted by Gasteiger charge is -2.08. The maximum atomic E-state index is 11.8. The van der Waals surface area contributed by atoms with E-state index in [1.165, 1.54) is 0 Å². The first-order valence-corrected chi connectivity index (χ1v) is 7.24. The molecule has 0 aliphatic rings. The summed E-state index contributed by atoms with van der Waals surface area (Å²) in [6.45, 7) is 2.93. The highest BCUT2D eigenvalue weighted by Gasteiger charge is 2.08. The number of rotatable bonds is 7. The van der Waals surface area contributed by atoms with Crippen molar-refractivity contribution in [2.45, 2.75) is 26.2 Å². The molecule has 19 heavy (non-hydrogen) atoms. The van der Waals surface area contributed by atoms with Crippen LogP contribution in [0.3, 0.4) is 0 Å². The fourth-order valence-electron chi connectivity index (χ4n) is 1.54. The van der Waals surface area contributed by atoms with Crippen LogP contribution in [0.5, 0.6) is 0 Å². The van der Waals surface area contributed by atoms with Gasteiger partial charge < -0.3 is 10.6 Å². The molecule has 1 rings (SSSR count). The molecular formula is C14H19BrN2O2. The summed E-state index contributed by atoms with van der Waals surface area (Å²) in [5.41, 5.74) is 0.597. The molecule has 5 heteroatoms. The van der Waals surface area contributed by atoms with Crippen LogP contribution < -0.4 is 10.6 Å². The SMILES string of the molecule is CCCCC(=O)NCCNC(=O)c1ccccc1Br. The number of amides is 2. The number of nitrogens with one attached hydrogen (secondary N) is 2. The highest BCUT2D eigenvalue weighted by atomic mass is 79.9. The molecule has 0 unspecified atom stereocenters. The van der Waals surface area contributed by atoms with E-state index in [4.69, 9.17) is 0 Å². The first-order chi connectivity index (χ1) is 9.15. The van der Waals surface area contributed by atoms with E-state index in [9.17, 15) is 9.59 Å². The van der Waals surface area contributed by atoms with Gasteiger partial charge in [-0.25, -0.2) is 0 Å². The summed E-state index contributed by atoms with van der Waals surface area (Å²) >= 11 is 3.33. The van der Waals surface area contributed by atoms with E-state index >= 15 is 0 Å². The maximum absolute atomic E-state index is 11.8. The fraction of sp³-hybridized carbons (Fsp3) is 0.429. The van der Waals surface area contributed by atoms with Crippen LogP contribution in [0.4, 0.5) is 0 Å². The Balaban J connectivity index is 2.25. The van der Waals surface area contributed by atoms with Crippen LogP contribution in [0, 0.1) is 0 Å². The average Bonchev–Trinajstić information content (AvgIpc) is 2.41. The van der Waals surface area contributed by atoms with Crippen molar-refractivity contribution in [2.75, 3.05) is 13.1 Å². The second-order valence-corrected chi connectivity index (χ2v) is 5.04. The minimum absolute atomic E-state index is 0.0389. The number of benzene rings is 1. The Bertz CT molecular complexity index is 435. The largest absolute Gasteiger partial charge is 0.354 e. The van der Waals surface area contributed by atoms with Crippen molar-refractivity contribution in [3.05, 3.63) is 34.3 Å². The molecule has 4 nitrogen and oxygen atoms in total. The monoisotopic (exact) mass is 326 g/mol. The lowest BCUT2D eigenvalue weighted by atomic mass is 10.2. The summed E-state index contributed by atoms with van der Waals surface area (Å²) in [6.07, 6.45) is 2.45. The number of unbranched alkanes of at least 4 members (excludes halogenated alkanes) is 1. The molecule has 0 saturated carbocycles. The van der Waals surface area contributed by atoms with Crippen molar-refractivity contribution in [1.82, 2.24) is 10.6 Å². The van der Waals surface area contributed by atoms with Crippen LogP contribution >= 0.6 is 15.9 Å². The second-order valence-electron chi connectivity index (χ2n) is 4.19. The normalized spacial score (nSPS) is 10.0. The van der Waals surface area contributed by atoms with E-state index in [2.05, 4.69) is 26.6 Å². The Morgan fingerprint density at radius 1 is 1.16 bits per heavy atom. The van der Waals surface area contributed by atoms with Gasteiger partial charge in [0, 0.05) is 24.0 Å². The average molecular weight is 327 g/mol. The molecule has 0 aliphatic heterocycles. The zero-order valence-corrected chi connectivity index (χ0v) is 12.6. The van der Waals surface area contributed by atoms with Crippen molar-refractivity contribution in [2.24, 2.45) is 0 Å². The molecule has 0 aliphatic carbocycles. The van der Waals surface area contributed by atoms with E-state index in [0.717, 1.165) is 17.3 Å². The van der Waals surface area contributed by atoms with Crippen molar-refractivity contribution in [1.29, 1.82) is 0 Å². The van der Waals surface area contributed by atoms with E-state index in [-0.39, 0.29) is 11.8 Å². The molecule has 2 amide bonds. The Morgan fingerprint density at radius 2 is 1.84 bits per heavy atom. The Kier molecular flexibility index (Phi) is 7.18. The minimum atomic E-state index is -0.143. The van der Waals surface area contributed by atoms with Gasteiger partial charge in [0.2, 0.25) is 5.91 Å². The Hall–Kier alpha value is -1.36. The van der Waals surface area contributed by atoms with Gasteiger partial charge in [0.05, 0.1) is 5.56 Å². The molecule has 0 heterocycles. The number of carbonyl (C=O) groups is 2. The molecule has 0 spiro atoms. The van der Waals surface area contributed by atoms with E-state index in [1.54, 1.807) is 6.07 Å². The Labute approximate surface area is 122 Å². The quantitative estimate of drug-likeness (QED) is 0.756. The minimum Gasteiger partial charge on any atom is -0.354 e. The van der Waals surface area contributed by atoms with Gasteiger partial charge in [-0.1, -0.05) is 25.5 Å². The summed E-state index contributed by atoms with van der Waals surface area (Å²) in [4.78, 5) is 23.2. The standard InChI is InChI=1S/C14H19BrN2O2/c1-2-3-8-13(18)16-9-10-17-14(19)11-6-4-5-7-12(11)15/h4-7H,2-3,8-10H2,1H3,(H,16,18)(H,17,19). The fourth-order valence-corrected chi connectivity index (χ4v) is 2.01. The molecule has 2 N–H and O–H groups in total. The van der Waals surface area contributed by atoms with Crippen LogP contribution in [0.15, 0.2) is 28.7 Å². The smallest absolute Gasteiger partial charge is 0.252 e. The first-order valence-electron chi connectivity index (χ1n) is 6.44. The summed E-state index contributed by atoms with van der Waals surface area (Å²) in [5.74, 6) is -0.104. The topological polar surface area (TPSA) is 58.2 Å². The van der Waals surface area contributed by atoms with Crippen molar-refractivity contribution < 1.29 is 9.59 Å². The molecule has 0 fully saturated rings. The zero-order chi connectivity index (χ0) is 14.1. The molecule has 0 bridgehead atoms. The predicted octanol–water partition coefficient (Wildman–Crippen LogP) is 2.49. The van der Waals surface area contributed by atoms with Crippen LogP contribution in [-0.2, 0) is 4.79 Å². The third kappa shape index (κ3) is 5.87. The van der Waals surface area contributed by atoms with Gasteiger partial charge in [0.1, 0.15) is 0 Å². The number of carbonyl (C=O) groups excluding carboxylic acids is 2. The maximum Gasteiger partial charge on any atom is 0.252 e. The van der Waals surface area contributed by atoms with Crippen LogP contribution in [0.2, 0.25) is 0 Å². The molecule has 0 atom stereocenters. The lowest BCUT2D eigenvalue weighted by molar-refractivity contribution is -0.121. The van der Waals surface area contributed by atoms with Gasteiger partial charge in [-0.15, -0.1) is 0 Å². The third-order valence-electron chi connectivity index (χ3n) is 2.61. The molecule has 0 saturated heterocycles. The molecule has 0 radical (unpaired) electrons. The molecular weight excluding hydrogens is 308 g/mol. The van der Waals surface area contributed by atoms with Gasteiger partial charge in [-0.2, -0.15) is 0 Å². The van der Waals surface area contributed by atoms with E-state index in [0.29, 0.717) is 25.1 Å². The van der Waals surface area contributed by atoms with Crippen LogP contribution in [0.25, 0.3) is 0 Å².